The number of para-hydroxylation sites is 1. The van der Waals surface area contributed by atoms with Gasteiger partial charge >= 0.3 is 0 Å². The van der Waals surface area contributed by atoms with Crippen molar-refractivity contribution >= 4 is 10.9 Å². The van der Waals surface area contributed by atoms with Crippen LogP contribution in [0.3, 0.4) is 0 Å². The quantitative estimate of drug-likeness (QED) is 0.782. The fourth-order valence-corrected chi connectivity index (χ4v) is 2.75. The second kappa shape index (κ2) is 5.66. The molecular formula is C19H20N2. The molecule has 0 radical (unpaired) electrons. The zero-order chi connectivity index (χ0) is 14.8. The van der Waals surface area contributed by atoms with Gasteiger partial charge in [-0.05, 0) is 49.1 Å². The van der Waals surface area contributed by atoms with E-state index in [0.717, 1.165) is 17.6 Å². The van der Waals surface area contributed by atoms with Crippen molar-refractivity contribution in [1.29, 1.82) is 0 Å². The van der Waals surface area contributed by atoms with Crippen LogP contribution >= 0.6 is 0 Å². The molecule has 2 heteroatoms. The number of nitrogens with zero attached hydrogens (tertiary/aromatic N) is 1. The van der Waals surface area contributed by atoms with Gasteiger partial charge in [0.1, 0.15) is 0 Å². The Morgan fingerprint density at radius 3 is 2.48 bits per heavy atom. The fourth-order valence-electron chi connectivity index (χ4n) is 2.75. The van der Waals surface area contributed by atoms with E-state index in [4.69, 9.17) is 10.7 Å². The van der Waals surface area contributed by atoms with E-state index in [1.54, 1.807) is 0 Å². The van der Waals surface area contributed by atoms with Crippen molar-refractivity contribution in [3.05, 3.63) is 77.0 Å². The molecule has 0 aliphatic carbocycles. The minimum Gasteiger partial charge on any atom is -0.322 e. The van der Waals surface area contributed by atoms with Gasteiger partial charge < -0.3 is 5.73 Å². The van der Waals surface area contributed by atoms with Gasteiger partial charge in [0.2, 0.25) is 0 Å². The molecular weight excluding hydrogens is 256 g/mol. The van der Waals surface area contributed by atoms with Crippen LogP contribution in [0.15, 0.2) is 54.6 Å². The lowest BCUT2D eigenvalue weighted by atomic mass is 9.98. The lowest BCUT2D eigenvalue weighted by Gasteiger charge is -2.15. The molecule has 0 saturated carbocycles. The number of hydrogen-bond acceptors (Lipinski definition) is 2. The van der Waals surface area contributed by atoms with E-state index in [1.165, 1.54) is 22.1 Å². The second-order valence-corrected chi connectivity index (χ2v) is 5.62. The summed E-state index contributed by atoms with van der Waals surface area (Å²) in [7, 11) is 0. The molecule has 1 atom stereocenters. The zero-order valence-electron chi connectivity index (χ0n) is 12.5. The number of aromatic nitrogens is 1. The predicted octanol–water partition coefficient (Wildman–Crippen LogP) is 4.09. The molecule has 1 aromatic heterocycles. The first-order valence-corrected chi connectivity index (χ1v) is 7.31. The van der Waals surface area contributed by atoms with E-state index in [9.17, 15) is 0 Å². The van der Waals surface area contributed by atoms with Crippen LogP contribution < -0.4 is 5.73 Å². The van der Waals surface area contributed by atoms with Crippen molar-refractivity contribution in [2.45, 2.75) is 26.3 Å². The van der Waals surface area contributed by atoms with E-state index >= 15 is 0 Å². The van der Waals surface area contributed by atoms with Crippen LogP contribution in [0.1, 0.15) is 28.4 Å². The molecule has 1 unspecified atom stereocenters. The van der Waals surface area contributed by atoms with E-state index < -0.39 is 0 Å². The third kappa shape index (κ3) is 2.81. The molecule has 106 valence electrons. The third-order valence-electron chi connectivity index (χ3n) is 4.02. The highest BCUT2D eigenvalue weighted by atomic mass is 14.8. The van der Waals surface area contributed by atoms with Crippen LogP contribution in [-0.4, -0.2) is 4.98 Å². The van der Waals surface area contributed by atoms with Gasteiger partial charge in [-0.25, -0.2) is 0 Å². The zero-order valence-corrected chi connectivity index (χ0v) is 12.5. The van der Waals surface area contributed by atoms with Crippen LogP contribution in [0.4, 0.5) is 0 Å². The number of rotatable bonds is 3. The minimum atomic E-state index is -0.0746. The summed E-state index contributed by atoms with van der Waals surface area (Å²) in [6.45, 7) is 4.25. The molecule has 0 aliphatic heterocycles. The van der Waals surface area contributed by atoms with Gasteiger partial charge in [-0.2, -0.15) is 0 Å². The molecule has 0 bridgehead atoms. The smallest absolute Gasteiger partial charge is 0.0708 e. The number of fused-ring (bicyclic) bond motifs is 1. The van der Waals surface area contributed by atoms with Gasteiger partial charge in [-0.1, -0.05) is 42.5 Å². The first-order chi connectivity index (χ1) is 10.1. The SMILES string of the molecule is Cc1ccccc1CC(N)c1cc(C)c2ccccc2n1. The van der Waals surface area contributed by atoms with Crippen molar-refractivity contribution in [1.82, 2.24) is 4.98 Å². The molecule has 0 saturated heterocycles. The molecule has 2 aromatic carbocycles. The molecule has 0 spiro atoms. The molecule has 2 nitrogen and oxygen atoms in total. The van der Waals surface area contributed by atoms with Gasteiger partial charge in [0, 0.05) is 5.39 Å². The summed E-state index contributed by atoms with van der Waals surface area (Å²) < 4.78 is 0. The maximum absolute atomic E-state index is 6.39. The summed E-state index contributed by atoms with van der Waals surface area (Å²) in [5.41, 5.74) is 12.2. The molecule has 21 heavy (non-hydrogen) atoms. The van der Waals surface area contributed by atoms with E-state index in [-0.39, 0.29) is 6.04 Å². The molecule has 3 rings (SSSR count). The van der Waals surface area contributed by atoms with Crippen molar-refractivity contribution in [3.8, 4) is 0 Å². The van der Waals surface area contributed by atoms with Gasteiger partial charge in [0.15, 0.2) is 0 Å². The summed E-state index contributed by atoms with van der Waals surface area (Å²) in [6.07, 6.45) is 0.817. The maximum atomic E-state index is 6.39. The Morgan fingerprint density at radius 1 is 0.952 bits per heavy atom. The number of aryl methyl sites for hydroxylation is 2. The third-order valence-corrected chi connectivity index (χ3v) is 4.02. The molecule has 2 N–H and O–H groups in total. The van der Waals surface area contributed by atoms with Crippen LogP contribution in [-0.2, 0) is 6.42 Å². The van der Waals surface area contributed by atoms with Gasteiger partial charge in [-0.15, -0.1) is 0 Å². The summed E-state index contributed by atoms with van der Waals surface area (Å²) in [6, 6.07) is 18.6. The Bertz CT molecular complexity index is 777. The van der Waals surface area contributed by atoms with Crippen molar-refractivity contribution in [2.75, 3.05) is 0 Å². The average molecular weight is 276 g/mol. The highest BCUT2D eigenvalue weighted by molar-refractivity contribution is 5.82. The Kier molecular flexibility index (Phi) is 3.72. The average Bonchev–Trinajstić information content (AvgIpc) is 2.49. The Morgan fingerprint density at radius 2 is 1.67 bits per heavy atom. The van der Waals surface area contributed by atoms with Gasteiger partial charge in [0.05, 0.1) is 17.3 Å². The van der Waals surface area contributed by atoms with Crippen molar-refractivity contribution < 1.29 is 0 Å². The topological polar surface area (TPSA) is 38.9 Å². The summed E-state index contributed by atoms with van der Waals surface area (Å²) in [4.78, 5) is 4.74. The molecule has 1 heterocycles. The largest absolute Gasteiger partial charge is 0.322 e. The Labute approximate surface area is 125 Å². The number of benzene rings is 2. The van der Waals surface area contributed by atoms with Crippen LogP contribution in [0.5, 0.6) is 0 Å². The van der Waals surface area contributed by atoms with Crippen LogP contribution in [0.2, 0.25) is 0 Å². The van der Waals surface area contributed by atoms with Gasteiger partial charge in [-0.3, -0.25) is 4.98 Å². The molecule has 0 amide bonds. The highest BCUT2D eigenvalue weighted by Gasteiger charge is 2.12. The first-order valence-electron chi connectivity index (χ1n) is 7.31. The first kappa shape index (κ1) is 13.8. The highest BCUT2D eigenvalue weighted by Crippen LogP contribution is 2.22. The molecule has 3 aromatic rings. The number of hydrogen-bond donors (Lipinski definition) is 1. The normalized spacial score (nSPS) is 12.5. The lowest BCUT2D eigenvalue weighted by molar-refractivity contribution is 0.696. The summed E-state index contributed by atoms with van der Waals surface area (Å²) in [5, 5.41) is 1.20. The summed E-state index contributed by atoms with van der Waals surface area (Å²) >= 11 is 0. The van der Waals surface area contributed by atoms with Crippen LogP contribution in [0, 0.1) is 13.8 Å². The standard InChI is InChI=1S/C19H20N2/c1-13-7-3-4-8-15(13)12-17(20)19-11-14(2)16-9-5-6-10-18(16)21-19/h3-11,17H,12,20H2,1-2H3. The van der Waals surface area contributed by atoms with E-state index in [2.05, 4.69) is 50.2 Å². The fraction of sp³-hybridized carbons (Fsp3) is 0.211. The maximum Gasteiger partial charge on any atom is 0.0708 e. The molecule has 0 fully saturated rings. The van der Waals surface area contributed by atoms with Gasteiger partial charge in [0.25, 0.3) is 0 Å². The number of nitrogens with two attached hydrogens (primary N) is 1. The predicted molar refractivity (Wildman–Crippen MR) is 88.3 cm³/mol. The van der Waals surface area contributed by atoms with E-state index in [0.29, 0.717) is 0 Å². The summed E-state index contributed by atoms with van der Waals surface area (Å²) in [5.74, 6) is 0. The van der Waals surface area contributed by atoms with Crippen molar-refractivity contribution in [2.24, 2.45) is 5.73 Å². The van der Waals surface area contributed by atoms with Crippen molar-refractivity contribution in [3.63, 3.8) is 0 Å². The number of pyridine rings is 1. The second-order valence-electron chi connectivity index (χ2n) is 5.62. The van der Waals surface area contributed by atoms with Crippen LogP contribution in [0.25, 0.3) is 10.9 Å². The lowest BCUT2D eigenvalue weighted by Crippen LogP contribution is -2.16. The minimum absolute atomic E-state index is 0.0746. The van der Waals surface area contributed by atoms with E-state index in [1.807, 2.05) is 18.2 Å². The molecule has 0 aliphatic rings. The Balaban J connectivity index is 1.95. The Hall–Kier alpha value is -2.19. The monoisotopic (exact) mass is 276 g/mol.